The molecule has 1 aliphatic carbocycles. The van der Waals surface area contributed by atoms with Gasteiger partial charge < -0.3 is 5.11 Å². The van der Waals surface area contributed by atoms with E-state index in [0.717, 1.165) is 0 Å². The van der Waals surface area contributed by atoms with Crippen molar-refractivity contribution in [2.75, 3.05) is 0 Å². The molecule has 1 nitrogen and oxygen atoms in total. The van der Waals surface area contributed by atoms with Gasteiger partial charge in [-0.2, -0.15) is 0 Å². The second kappa shape index (κ2) is 1.83. The van der Waals surface area contributed by atoms with Crippen LogP contribution in [-0.2, 0) is 0 Å². The first-order valence-electron chi connectivity index (χ1n) is 2.99. The van der Waals surface area contributed by atoms with E-state index < -0.39 is 0 Å². The van der Waals surface area contributed by atoms with E-state index in [-0.39, 0.29) is 6.10 Å². The molecule has 0 aliphatic heterocycles. The summed E-state index contributed by atoms with van der Waals surface area (Å²) in [6.45, 7) is 1.88. The minimum absolute atomic E-state index is 0.0475. The first kappa shape index (κ1) is 5.10. The van der Waals surface area contributed by atoms with Crippen LogP contribution < -0.4 is 0 Å². The highest BCUT2D eigenvalue weighted by Gasteiger charge is 2.21. The third-order valence-electron chi connectivity index (χ3n) is 1.83. The van der Waals surface area contributed by atoms with E-state index in [4.69, 9.17) is 5.11 Å². The van der Waals surface area contributed by atoms with Gasteiger partial charge in [-0.3, -0.25) is 0 Å². The normalized spacial score (nSPS) is 26.6. The van der Waals surface area contributed by atoms with Gasteiger partial charge in [-0.1, -0.05) is 6.42 Å². The van der Waals surface area contributed by atoms with Crippen LogP contribution in [0.25, 0.3) is 0 Å². The molecule has 1 heteroatoms. The van der Waals surface area contributed by atoms with Gasteiger partial charge in [-0.05, 0) is 25.7 Å². The molecule has 1 saturated carbocycles. The topological polar surface area (TPSA) is 20.2 Å². The van der Waals surface area contributed by atoms with E-state index in [0.29, 0.717) is 5.92 Å². The minimum atomic E-state index is -0.0475. The molecule has 1 atom stereocenters. The van der Waals surface area contributed by atoms with Gasteiger partial charge in [-0.25, -0.2) is 0 Å². The van der Waals surface area contributed by atoms with E-state index in [9.17, 15) is 0 Å². The Labute approximate surface area is 44.4 Å². The molecule has 7 heavy (non-hydrogen) atoms. The quantitative estimate of drug-likeness (QED) is 0.524. The Morgan fingerprint density at radius 2 is 2.14 bits per heavy atom. The molecule has 0 heterocycles. The molecular formula is C6H12O. The summed E-state index contributed by atoms with van der Waals surface area (Å²) in [5.74, 6) is 0.639. The molecule has 1 fully saturated rings. The van der Waals surface area contributed by atoms with Gasteiger partial charge in [0.05, 0.1) is 6.10 Å². The van der Waals surface area contributed by atoms with Gasteiger partial charge in [0.25, 0.3) is 0 Å². The van der Waals surface area contributed by atoms with E-state index >= 15 is 0 Å². The summed E-state index contributed by atoms with van der Waals surface area (Å²) in [7, 11) is 0. The summed E-state index contributed by atoms with van der Waals surface area (Å²) in [6.07, 6.45) is 3.78. The Kier molecular flexibility index (Phi) is 1.33. The van der Waals surface area contributed by atoms with E-state index in [1.807, 2.05) is 6.92 Å². The van der Waals surface area contributed by atoms with Crippen molar-refractivity contribution in [1.82, 2.24) is 0 Å². The zero-order valence-electron chi connectivity index (χ0n) is 4.72. The van der Waals surface area contributed by atoms with Crippen LogP contribution in [0, 0.1) is 5.92 Å². The fourth-order valence-corrected chi connectivity index (χ4v) is 0.922. The van der Waals surface area contributed by atoms with E-state index in [2.05, 4.69) is 0 Å². The molecule has 0 saturated heterocycles. The first-order chi connectivity index (χ1) is 3.30. The molecule has 42 valence electrons. The highest BCUT2D eigenvalue weighted by molar-refractivity contribution is 4.73. The molecule has 0 aromatic rings. The summed E-state index contributed by atoms with van der Waals surface area (Å²) >= 11 is 0. The smallest absolute Gasteiger partial charge is 0.0540 e. The highest BCUT2D eigenvalue weighted by Crippen LogP contribution is 2.28. The summed E-state index contributed by atoms with van der Waals surface area (Å²) in [5.41, 5.74) is 0. The van der Waals surface area contributed by atoms with E-state index in [1.165, 1.54) is 19.3 Å². The van der Waals surface area contributed by atoms with Crippen LogP contribution in [0.5, 0.6) is 0 Å². The average molecular weight is 100 g/mol. The van der Waals surface area contributed by atoms with Crippen LogP contribution in [-0.4, -0.2) is 11.2 Å². The van der Waals surface area contributed by atoms with Crippen molar-refractivity contribution >= 4 is 0 Å². The summed E-state index contributed by atoms with van der Waals surface area (Å²) in [6, 6.07) is 0. The first-order valence-corrected chi connectivity index (χ1v) is 2.99. The maximum absolute atomic E-state index is 8.87. The minimum Gasteiger partial charge on any atom is -0.393 e. The maximum atomic E-state index is 8.87. The molecule has 1 unspecified atom stereocenters. The Hall–Kier alpha value is -0.0400. The second-order valence-corrected chi connectivity index (χ2v) is 2.43. The van der Waals surface area contributed by atoms with Crippen LogP contribution in [0.3, 0.4) is 0 Å². The van der Waals surface area contributed by atoms with Gasteiger partial charge in [0, 0.05) is 0 Å². The van der Waals surface area contributed by atoms with Crippen molar-refractivity contribution in [1.29, 1.82) is 0 Å². The van der Waals surface area contributed by atoms with Gasteiger partial charge in [0.1, 0.15) is 0 Å². The number of hydrogen-bond acceptors (Lipinski definition) is 1. The molecule has 0 bridgehead atoms. The number of hydrogen-bond donors (Lipinski definition) is 1. The SMILES string of the molecule is CC(O)C1CCC1. The number of rotatable bonds is 1. The monoisotopic (exact) mass is 100 g/mol. The second-order valence-electron chi connectivity index (χ2n) is 2.43. The Morgan fingerprint density at radius 3 is 2.14 bits per heavy atom. The lowest BCUT2D eigenvalue weighted by atomic mass is 9.82. The van der Waals surface area contributed by atoms with Crippen LogP contribution in [0.1, 0.15) is 26.2 Å². The fraction of sp³-hybridized carbons (Fsp3) is 1.00. The summed E-state index contributed by atoms with van der Waals surface area (Å²) in [5, 5.41) is 8.87. The van der Waals surface area contributed by atoms with Gasteiger partial charge in [-0.15, -0.1) is 0 Å². The van der Waals surface area contributed by atoms with Gasteiger partial charge >= 0.3 is 0 Å². The third-order valence-corrected chi connectivity index (χ3v) is 1.83. The molecular weight excluding hydrogens is 88.1 g/mol. The molecule has 0 amide bonds. The molecule has 1 aliphatic rings. The van der Waals surface area contributed by atoms with E-state index in [1.54, 1.807) is 0 Å². The Bertz CT molecular complexity index is 55.2. The largest absolute Gasteiger partial charge is 0.393 e. The van der Waals surface area contributed by atoms with Crippen LogP contribution in [0.4, 0.5) is 0 Å². The maximum Gasteiger partial charge on any atom is 0.0540 e. The Balaban J connectivity index is 2.14. The number of aliphatic hydroxyl groups is 1. The van der Waals surface area contributed by atoms with Crippen molar-refractivity contribution in [2.24, 2.45) is 5.92 Å². The predicted octanol–water partition coefficient (Wildman–Crippen LogP) is 1.17. The van der Waals surface area contributed by atoms with Crippen molar-refractivity contribution in [3.8, 4) is 0 Å². The van der Waals surface area contributed by atoms with Crippen molar-refractivity contribution in [3.05, 3.63) is 0 Å². The predicted molar refractivity (Wildman–Crippen MR) is 29.0 cm³/mol. The van der Waals surface area contributed by atoms with Gasteiger partial charge in [0.15, 0.2) is 0 Å². The lowest BCUT2D eigenvalue weighted by Gasteiger charge is -2.27. The highest BCUT2D eigenvalue weighted by atomic mass is 16.3. The summed E-state index contributed by atoms with van der Waals surface area (Å²) in [4.78, 5) is 0. The summed E-state index contributed by atoms with van der Waals surface area (Å²) < 4.78 is 0. The zero-order chi connectivity index (χ0) is 5.28. The lowest BCUT2D eigenvalue weighted by Crippen LogP contribution is -2.23. The van der Waals surface area contributed by atoms with Crippen LogP contribution in [0.15, 0.2) is 0 Å². The van der Waals surface area contributed by atoms with Crippen molar-refractivity contribution in [3.63, 3.8) is 0 Å². The molecule has 0 spiro atoms. The fourth-order valence-electron chi connectivity index (χ4n) is 0.922. The standard InChI is InChI=1S/C6H12O/c1-5(7)6-3-2-4-6/h5-7H,2-4H2,1H3. The third kappa shape index (κ3) is 0.942. The lowest BCUT2D eigenvalue weighted by molar-refractivity contribution is 0.0779. The van der Waals surface area contributed by atoms with Crippen molar-refractivity contribution in [2.45, 2.75) is 32.3 Å². The van der Waals surface area contributed by atoms with Gasteiger partial charge in [0.2, 0.25) is 0 Å². The molecule has 1 rings (SSSR count). The van der Waals surface area contributed by atoms with Crippen molar-refractivity contribution < 1.29 is 5.11 Å². The number of aliphatic hydroxyl groups excluding tert-OH is 1. The molecule has 0 aromatic heterocycles. The van der Waals surface area contributed by atoms with Crippen LogP contribution in [0.2, 0.25) is 0 Å². The molecule has 0 aromatic carbocycles. The molecule has 0 radical (unpaired) electrons. The zero-order valence-corrected chi connectivity index (χ0v) is 4.72. The van der Waals surface area contributed by atoms with Crippen LogP contribution >= 0.6 is 0 Å². The average Bonchev–Trinajstić information content (AvgIpc) is 1.23. The Morgan fingerprint density at radius 1 is 1.57 bits per heavy atom. The molecule has 1 N–H and O–H groups in total.